The van der Waals surface area contributed by atoms with Gasteiger partial charge in [-0.3, -0.25) is 10.2 Å². The lowest BCUT2D eigenvalue weighted by atomic mass is 9.96. The van der Waals surface area contributed by atoms with Crippen LogP contribution in [-0.2, 0) is 28.5 Å². The summed E-state index contributed by atoms with van der Waals surface area (Å²) in [5, 5.41) is 11.4. The van der Waals surface area contributed by atoms with Gasteiger partial charge in [0, 0.05) is 10.5 Å². The molecule has 0 amide bonds. The predicted octanol–water partition coefficient (Wildman–Crippen LogP) is 4.02. The Balaban J connectivity index is 1.90. The topological polar surface area (TPSA) is 136 Å². The minimum Gasteiger partial charge on any atom is -0.458 e. The molecule has 2 heterocycles. The van der Waals surface area contributed by atoms with Gasteiger partial charge in [0.15, 0.2) is 6.29 Å². The summed E-state index contributed by atoms with van der Waals surface area (Å²) in [5.41, 5.74) is 9.77. The fourth-order valence-electron chi connectivity index (χ4n) is 3.12. The number of nitrogens with zero attached hydrogens (tertiary/aromatic N) is 3. The van der Waals surface area contributed by atoms with Crippen LogP contribution >= 0.6 is 46.4 Å². The van der Waals surface area contributed by atoms with Crippen LogP contribution in [0.5, 0.6) is 0 Å². The molecule has 2 aliphatic heterocycles. The minimum absolute atomic E-state index is 0.0170. The van der Waals surface area contributed by atoms with Gasteiger partial charge in [-0.2, -0.15) is 0 Å². The van der Waals surface area contributed by atoms with E-state index in [1.165, 1.54) is 0 Å². The number of hydrogen-bond donors (Lipinski definition) is 1. The molecule has 2 saturated heterocycles. The van der Waals surface area contributed by atoms with Crippen LogP contribution in [0.3, 0.4) is 0 Å². The Labute approximate surface area is 196 Å². The summed E-state index contributed by atoms with van der Waals surface area (Å²) in [6.07, 6.45) is -5.10. The smallest absolute Gasteiger partial charge is 0.321 e. The molecule has 1 aromatic carbocycles. The Kier molecular flexibility index (Phi) is 8.12. The molecular weight excluding hydrogens is 498 g/mol. The van der Waals surface area contributed by atoms with E-state index in [9.17, 15) is 4.79 Å². The lowest BCUT2D eigenvalue weighted by Gasteiger charge is -2.47. The molecule has 0 aromatic heterocycles. The number of nitrogens with one attached hydrogen (secondary N) is 1. The number of azide groups is 1. The molecule has 168 valence electrons. The van der Waals surface area contributed by atoms with Crippen LogP contribution in [0.15, 0.2) is 35.4 Å². The average molecular weight is 514 g/mol. The SMILES string of the molecule is [N-]=[N+]=NC1C(OC(=N)C(Cl)(Cl)Cl)OC2COC(c3ccccc3)OC2C1OC(=O)CCl. The maximum atomic E-state index is 12.0. The second kappa shape index (κ2) is 10.4. The first kappa shape index (κ1) is 24.2. The molecule has 3 rings (SSSR count). The number of rotatable bonds is 5. The molecule has 14 heteroatoms. The number of alkyl halides is 4. The fraction of sp³-hybridized carbons (Fsp3) is 0.529. The van der Waals surface area contributed by atoms with Crippen molar-refractivity contribution in [1.29, 1.82) is 5.41 Å². The molecule has 6 unspecified atom stereocenters. The second-order valence-corrected chi connectivity index (χ2v) is 9.00. The maximum absolute atomic E-state index is 12.0. The van der Waals surface area contributed by atoms with E-state index in [0.717, 1.165) is 5.56 Å². The molecular formula is C17H16Cl4N4O6. The fourth-order valence-corrected chi connectivity index (χ4v) is 3.32. The zero-order valence-corrected chi connectivity index (χ0v) is 18.6. The van der Waals surface area contributed by atoms with Crippen LogP contribution in [0, 0.1) is 5.41 Å². The quantitative estimate of drug-likeness (QED) is 0.120. The molecule has 1 N–H and O–H groups in total. The van der Waals surface area contributed by atoms with E-state index in [1.54, 1.807) is 12.1 Å². The molecule has 0 radical (unpaired) electrons. The van der Waals surface area contributed by atoms with Gasteiger partial charge in [0.2, 0.25) is 12.2 Å². The number of carbonyl (C=O) groups is 1. The highest BCUT2D eigenvalue weighted by Crippen LogP contribution is 2.38. The number of carbonyl (C=O) groups excluding carboxylic acids is 1. The van der Waals surface area contributed by atoms with Crippen LogP contribution in [-0.4, -0.2) is 58.8 Å². The highest BCUT2D eigenvalue weighted by Gasteiger charge is 2.53. The number of halogens is 4. The summed E-state index contributed by atoms with van der Waals surface area (Å²) in [6.45, 7) is 0.0170. The first-order chi connectivity index (χ1) is 14.7. The maximum Gasteiger partial charge on any atom is 0.321 e. The van der Waals surface area contributed by atoms with Gasteiger partial charge in [-0.05, 0) is 5.53 Å². The lowest BCUT2D eigenvalue weighted by molar-refractivity contribution is -0.334. The van der Waals surface area contributed by atoms with Crippen molar-refractivity contribution in [2.75, 3.05) is 12.5 Å². The van der Waals surface area contributed by atoms with Gasteiger partial charge < -0.3 is 23.7 Å². The van der Waals surface area contributed by atoms with Gasteiger partial charge in [-0.25, -0.2) is 0 Å². The van der Waals surface area contributed by atoms with Gasteiger partial charge in [-0.1, -0.05) is 70.2 Å². The van der Waals surface area contributed by atoms with Crippen molar-refractivity contribution in [3.05, 3.63) is 46.3 Å². The van der Waals surface area contributed by atoms with Crippen molar-refractivity contribution in [2.24, 2.45) is 5.11 Å². The number of esters is 1. The average Bonchev–Trinajstić information content (AvgIpc) is 2.75. The number of hydrogen-bond acceptors (Lipinski definition) is 8. The van der Waals surface area contributed by atoms with E-state index in [1.807, 2.05) is 18.2 Å². The van der Waals surface area contributed by atoms with E-state index in [0.29, 0.717) is 0 Å². The van der Waals surface area contributed by atoms with Crippen molar-refractivity contribution in [3.63, 3.8) is 0 Å². The molecule has 1 aromatic rings. The summed E-state index contributed by atoms with van der Waals surface area (Å²) < 4.78 is 26.0. The van der Waals surface area contributed by atoms with Crippen molar-refractivity contribution < 1.29 is 28.5 Å². The summed E-state index contributed by atoms with van der Waals surface area (Å²) in [6, 6.07) is 7.78. The molecule has 2 fully saturated rings. The number of ether oxygens (including phenoxy) is 5. The standard InChI is InChI=1S/C17H16Cl4N4O6/c18-6-10(26)29-13-11(24-25-23)15(31-16(22)17(19,20)21)28-9-7-27-14(30-12(9)13)8-4-2-1-3-5-8/h1-5,9,11-15,22H,6-7H2. The van der Waals surface area contributed by atoms with E-state index in [4.69, 9.17) is 81.0 Å². The molecule has 0 saturated carbocycles. The Morgan fingerprint density at radius 3 is 2.58 bits per heavy atom. The zero-order valence-electron chi connectivity index (χ0n) is 15.6. The Hall–Kier alpha value is -1.49. The molecule has 0 bridgehead atoms. The molecule has 0 aliphatic carbocycles. The van der Waals surface area contributed by atoms with Gasteiger partial charge in [-0.15, -0.1) is 11.6 Å². The van der Waals surface area contributed by atoms with E-state index >= 15 is 0 Å². The van der Waals surface area contributed by atoms with Crippen LogP contribution in [0.2, 0.25) is 0 Å². The summed E-state index contributed by atoms with van der Waals surface area (Å²) >= 11 is 22.6. The van der Waals surface area contributed by atoms with Crippen molar-refractivity contribution in [3.8, 4) is 0 Å². The monoisotopic (exact) mass is 512 g/mol. The van der Waals surface area contributed by atoms with Crippen LogP contribution in [0.1, 0.15) is 11.9 Å². The largest absolute Gasteiger partial charge is 0.458 e. The Morgan fingerprint density at radius 2 is 1.97 bits per heavy atom. The highest BCUT2D eigenvalue weighted by atomic mass is 35.6. The van der Waals surface area contributed by atoms with Gasteiger partial charge >= 0.3 is 5.97 Å². The molecule has 10 nitrogen and oxygen atoms in total. The van der Waals surface area contributed by atoms with Gasteiger partial charge in [0.05, 0.1) is 6.61 Å². The molecule has 31 heavy (non-hydrogen) atoms. The third kappa shape index (κ3) is 5.85. The Bertz CT molecular complexity index is 851. The molecule has 0 spiro atoms. The summed E-state index contributed by atoms with van der Waals surface area (Å²) in [4.78, 5) is 14.7. The Morgan fingerprint density at radius 1 is 1.26 bits per heavy atom. The van der Waals surface area contributed by atoms with Crippen LogP contribution < -0.4 is 0 Å². The minimum atomic E-state index is -2.19. The summed E-state index contributed by atoms with van der Waals surface area (Å²) in [7, 11) is 0. The van der Waals surface area contributed by atoms with Crippen LogP contribution in [0.4, 0.5) is 0 Å². The second-order valence-electron chi connectivity index (χ2n) is 6.45. The summed E-state index contributed by atoms with van der Waals surface area (Å²) in [5.74, 6) is -2.01. The number of benzene rings is 1. The molecule has 2 aliphatic rings. The third-order valence-corrected chi connectivity index (χ3v) is 5.17. The zero-order chi connectivity index (χ0) is 22.6. The predicted molar refractivity (Wildman–Crippen MR) is 111 cm³/mol. The van der Waals surface area contributed by atoms with E-state index in [2.05, 4.69) is 10.0 Å². The highest BCUT2D eigenvalue weighted by molar-refractivity contribution is 6.76. The van der Waals surface area contributed by atoms with Crippen LogP contribution in [0.25, 0.3) is 10.4 Å². The van der Waals surface area contributed by atoms with E-state index in [-0.39, 0.29) is 6.61 Å². The first-order valence-corrected chi connectivity index (χ1v) is 10.5. The van der Waals surface area contributed by atoms with Gasteiger partial charge in [0.1, 0.15) is 30.2 Å². The number of fused-ring (bicyclic) bond motifs is 1. The van der Waals surface area contributed by atoms with Gasteiger partial charge in [0.25, 0.3) is 3.79 Å². The van der Waals surface area contributed by atoms with Crippen molar-refractivity contribution in [1.82, 2.24) is 0 Å². The third-order valence-electron chi connectivity index (χ3n) is 4.43. The first-order valence-electron chi connectivity index (χ1n) is 8.84. The van der Waals surface area contributed by atoms with E-state index < -0.39 is 58.5 Å². The van der Waals surface area contributed by atoms with Crippen molar-refractivity contribution in [2.45, 2.75) is 40.7 Å². The normalized spacial score (nSPS) is 30.5. The lowest BCUT2D eigenvalue weighted by Crippen LogP contribution is -2.63. The van der Waals surface area contributed by atoms with Crippen molar-refractivity contribution >= 4 is 58.3 Å². The molecule has 6 atom stereocenters.